The van der Waals surface area contributed by atoms with E-state index in [9.17, 15) is 9.59 Å². The van der Waals surface area contributed by atoms with E-state index in [2.05, 4.69) is 0 Å². The van der Waals surface area contributed by atoms with Gasteiger partial charge in [0, 0.05) is 14.1 Å². The summed E-state index contributed by atoms with van der Waals surface area (Å²) in [6.45, 7) is 0. The summed E-state index contributed by atoms with van der Waals surface area (Å²) in [6.07, 6.45) is 1.32. The van der Waals surface area contributed by atoms with Gasteiger partial charge in [-0.15, -0.1) is 0 Å². The minimum absolute atomic E-state index is 0.0248. The third-order valence-corrected chi connectivity index (χ3v) is 1.84. The minimum atomic E-state index is -1.33. The number of rotatable bonds is 3. The minimum Gasteiger partial charge on any atom is -0.461 e. The Labute approximate surface area is 86.9 Å². The van der Waals surface area contributed by atoms with Crippen LogP contribution in [0.1, 0.15) is 10.6 Å². The lowest BCUT2D eigenvalue weighted by Crippen LogP contribution is -2.33. The van der Waals surface area contributed by atoms with Gasteiger partial charge in [0.05, 0.1) is 12.3 Å². The van der Waals surface area contributed by atoms with Crippen LogP contribution in [0.25, 0.3) is 0 Å². The van der Waals surface area contributed by atoms with Gasteiger partial charge < -0.3 is 9.32 Å². The monoisotopic (exact) mass is 206 g/mol. The Morgan fingerprint density at radius 3 is 2.60 bits per heavy atom. The van der Waals surface area contributed by atoms with Gasteiger partial charge in [-0.2, -0.15) is 5.26 Å². The molecule has 1 amide bonds. The summed E-state index contributed by atoms with van der Waals surface area (Å²) in [4.78, 5) is 24.3. The molecule has 78 valence electrons. The van der Waals surface area contributed by atoms with Gasteiger partial charge in [0.15, 0.2) is 11.7 Å². The SMILES string of the molecule is CN(C)C(=O)C(C#N)C(=O)c1ccco1. The largest absolute Gasteiger partial charge is 0.461 e. The molecular weight excluding hydrogens is 196 g/mol. The summed E-state index contributed by atoms with van der Waals surface area (Å²) in [7, 11) is 2.98. The Bertz CT molecular complexity index is 401. The van der Waals surface area contributed by atoms with Crippen LogP contribution in [0.15, 0.2) is 22.8 Å². The molecule has 1 aromatic rings. The Balaban J connectivity index is 2.91. The average molecular weight is 206 g/mol. The van der Waals surface area contributed by atoms with Crippen LogP contribution in [0.4, 0.5) is 0 Å². The standard InChI is InChI=1S/C10H10N2O3/c1-12(2)10(14)7(6-11)9(13)8-4-3-5-15-8/h3-5,7H,1-2H3. The molecule has 1 unspecified atom stereocenters. The molecule has 15 heavy (non-hydrogen) atoms. The van der Waals surface area contributed by atoms with Crippen LogP contribution < -0.4 is 0 Å². The molecular formula is C10H10N2O3. The molecule has 0 aliphatic carbocycles. The van der Waals surface area contributed by atoms with Crippen LogP contribution in [-0.4, -0.2) is 30.7 Å². The predicted molar refractivity (Wildman–Crippen MR) is 50.8 cm³/mol. The molecule has 1 rings (SSSR count). The number of carbonyl (C=O) groups excluding carboxylic acids is 2. The molecule has 0 fully saturated rings. The quantitative estimate of drug-likeness (QED) is 0.538. The maximum atomic E-state index is 11.6. The first kappa shape index (κ1) is 11.0. The normalized spacial score (nSPS) is 11.5. The number of Topliss-reactive ketones (excluding diaryl/α,β-unsaturated/α-hetero) is 1. The summed E-state index contributed by atoms with van der Waals surface area (Å²) in [6, 6.07) is 4.63. The summed E-state index contributed by atoms with van der Waals surface area (Å²) >= 11 is 0. The maximum absolute atomic E-state index is 11.6. The van der Waals surface area contributed by atoms with Gasteiger partial charge in [0.2, 0.25) is 11.7 Å². The number of carbonyl (C=O) groups is 2. The second-order valence-electron chi connectivity index (χ2n) is 3.14. The fourth-order valence-electron chi connectivity index (χ4n) is 1.05. The Hall–Kier alpha value is -2.09. The van der Waals surface area contributed by atoms with Gasteiger partial charge in [-0.3, -0.25) is 9.59 Å². The molecule has 5 nitrogen and oxygen atoms in total. The zero-order valence-corrected chi connectivity index (χ0v) is 8.43. The summed E-state index contributed by atoms with van der Waals surface area (Å²) in [5.74, 6) is -2.46. The number of ketones is 1. The van der Waals surface area contributed by atoms with Crippen LogP contribution in [0.2, 0.25) is 0 Å². The highest BCUT2D eigenvalue weighted by molar-refractivity contribution is 6.10. The van der Waals surface area contributed by atoms with Crippen LogP contribution in [0, 0.1) is 17.2 Å². The van der Waals surface area contributed by atoms with E-state index in [-0.39, 0.29) is 5.76 Å². The number of hydrogen-bond acceptors (Lipinski definition) is 4. The fourth-order valence-corrected chi connectivity index (χ4v) is 1.05. The fraction of sp³-hybridized carbons (Fsp3) is 0.300. The lowest BCUT2D eigenvalue weighted by molar-refractivity contribution is -0.129. The first-order valence-corrected chi connectivity index (χ1v) is 4.26. The number of furan rings is 1. The molecule has 0 bridgehead atoms. The van der Waals surface area contributed by atoms with E-state index in [1.165, 1.54) is 37.4 Å². The number of amides is 1. The predicted octanol–water partition coefficient (Wildman–Crippen LogP) is 0.690. The molecule has 0 aromatic carbocycles. The molecule has 0 saturated carbocycles. The van der Waals surface area contributed by atoms with Gasteiger partial charge in [0.1, 0.15) is 0 Å². The van der Waals surface area contributed by atoms with E-state index in [4.69, 9.17) is 9.68 Å². The van der Waals surface area contributed by atoms with Crippen LogP contribution in [0.3, 0.4) is 0 Å². The summed E-state index contributed by atoms with van der Waals surface area (Å²) < 4.78 is 4.84. The van der Waals surface area contributed by atoms with E-state index < -0.39 is 17.6 Å². The second kappa shape index (κ2) is 4.42. The van der Waals surface area contributed by atoms with Crippen molar-refractivity contribution in [3.63, 3.8) is 0 Å². The first-order chi connectivity index (χ1) is 7.07. The van der Waals surface area contributed by atoms with Gasteiger partial charge in [-0.1, -0.05) is 0 Å². The van der Waals surface area contributed by atoms with Crippen molar-refractivity contribution >= 4 is 11.7 Å². The molecule has 0 N–H and O–H groups in total. The number of nitrogens with zero attached hydrogens (tertiary/aromatic N) is 2. The molecule has 0 radical (unpaired) electrons. The molecule has 1 aromatic heterocycles. The van der Waals surface area contributed by atoms with Crippen molar-refractivity contribution in [2.45, 2.75) is 0 Å². The van der Waals surface area contributed by atoms with E-state index in [1.807, 2.05) is 0 Å². The van der Waals surface area contributed by atoms with Crippen molar-refractivity contribution in [2.75, 3.05) is 14.1 Å². The van der Waals surface area contributed by atoms with Crippen molar-refractivity contribution in [1.29, 1.82) is 5.26 Å². The van der Waals surface area contributed by atoms with E-state index in [0.29, 0.717) is 0 Å². The summed E-state index contributed by atoms with van der Waals surface area (Å²) in [5, 5.41) is 8.75. The van der Waals surface area contributed by atoms with Gasteiger partial charge in [-0.25, -0.2) is 0 Å². The molecule has 5 heteroatoms. The first-order valence-electron chi connectivity index (χ1n) is 4.26. The van der Waals surface area contributed by atoms with E-state index >= 15 is 0 Å². The molecule has 0 aliphatic rings. The number of hydrogen-bond donors (Lipinski definition) is 0. The molecule has 0 aliphatic heterocycles. The highest BCUT2D eigenvalue weighted by atomic mass is 16.3. The van der Waals surface area contributed by atoms with Crippen LogP contribution >= 0.6 is 0 Å². The van der Waals surface area contributed by atoms with Crippen molar-refractivity contribution in [3.8, 4) is 6.07 Å². The molecule has 0 saturated heterocycles. The molecule has 0 spiro atoms. The van der Waals surface area contributed by atoms with Gasteiger partial charge in [0.25, 0.3) is 0 Å². The van der Waals surface area contributed by atoms with Gasteiger partial charge in [-0.05, 0) is 12.1 Å². The zero-order valence-electron chi connectivity index (χ0n) is 8.43. The van der Waals surface area contributed by atoms with Gasteiger partial charge >= 0.3 is 0 Å². The van der Waals surface area contributed by atoms with E-state index in [0.717, 1.165) is 0 Å². The average Bonchev–Trinajstić information content (AvgIpc) is 2.71. The Kier molecular flexibility index (Phi) is 3.24. The Morgan fingerprint density at radius 1 is 1.53 bits per heavy atom. The second-order valence-corrected chi connectivity index (χ2v) is 3.14. The van der Waals surface area contributed by atoms with Crippen molar-refractivity contribution in [3.05, 3.63) is 24.2 Å². The third kappa shape index (κ3) is 2.23. The smallest absolute Gasteiger partial charge is 0.247 e. The highest BCUT2D eigenvalue weighted by Gasteiger charge is 2.30. The summed E-state index contributed by atoms with van der Waals surface area (Å²) in [5.41, 5.74) is 0. The third-order valence-electron chi connectivity index (χ3n) is 1.84. The topological polar surface area (TPSA) is 74.3 Å². The lowest BCUT2D eigenvalue weighted by Gasteiger charge is -2.12. The van der Waals surface area contributed by atoms with Crippen molar-refractivity contribution in [2.24, 2.45) is 5.92 Å². The van der Waals surface area contributed by atoms with Crippen molar-refractivity contribution in [1.82, 2.24) is 4.90 Å². The van der Waals surface area contributed by atoms with Crippen molar-refractivity contribution < 1.29 is 14.0 Å². The molecule has 1 heterocycles. The lowest BCUT2D eigenvalue weighted by atomic mass is 10.0. The zero-order chi connectivity index (χ0) is 11.4. The molecule has 1 atom stereocenters. The highest BCUT2D eigenvalue weighted by Crippen LogP contribution is 2.10. The Morgan fingerprint density at radius 2 is 2.20 bits per heavy atom. The number of nitriles is 1. The van der Waals surface area contributed by atoms with Crippen LogP contribution in [0.5, 0.6) is 0 Å². The van der Waals surface area contributed by atoms with E-state index in [1.54, 1.807) is 6.07 Å². The maximum Gasteiger partial charge on any atom is 0.247 e. The van der Waals surface area contributed by atoms with Crippen LogP contribution in [-0.2, 0) is 4.79 Å².